The maximum atomic E-state index is 13.1. The van der Waals surface area contributed by atoms with Crippen molar-refractivity contribution in [2.75, 3.05) is 11.1 Å². The van der Waals surface area contributed by atoms with Crippen molar-refractivity contribution in [2.45, 2.75) is 6.92 Å². The van der Waals surface area contributed by atoms with E-state index in [0.29, 0.717) is 11.4 Å². The molecule has 1 heterocycles. The van der Waals surface area contributed by atoms with Gasteiger partial charge in [0.2, 0.25) is 0 Å². The van der Waals surface area contributed by atoms with Crippen LogP contribution < -0.4 is 11.1 Å². The molecule has 0 spiro atoms. The first kappa shape index (κ1) is 20.4. The van der Waals surface area contributed by atoms with Crippen LogP contribution in [0.5, 0.6) is 0 Å². The Hall–Kier alpha value is -4.51. The number of nitrogens with two attached hydrogens (primary N) is 1. The fraction of sp³-hybridized carbons (Fsp3) is 0.0357. The molecule has 5 nitrogen and oxygen atoms in total. The second kappa shape index (κ2) is 8.55. The summed E-state index contributed by atoms with van der Waals surface area (Å²) >= 11 is 0. The number of amides is 1. The minimum Gasteiger partial charge on any atom is -0.383 e. The number of nitrogens with zero attached hydrogens (tertiary/aromatic N) is 2. The van der Waals surface area contributed by atoms with Gasteiger partial charge in [-0.15, -0.1) is 0 Å². The Morgan fingerprint density at radius 2 is 1.61 bits per heavy atom. The highest BCUT2D eigenvalue weighted by molar-refractivity contribution is 6.05. The summed E-state index contributed by atoms with van der Waals surface area (Å²) in [6, 6.07) is 29.5. The second-order valence-corrected chi connectivity index (χ2v) is 7.92. The Morgan fingerprint density at radius 3 is 2.45 bits per heavy atom. The molecule has 5 rings (SSSR count). The number of nitrogen functional groups attached to an aromatic ring is 1. The van der Waals surface area contributed by atoms with E-state index in [4.69, 9.17) is 5.73 Å². The van der Waals surface area contributed by atoms with E-state index in [9.17, 15) is 4.79 Å². The number of benzene rings is 4. The average Bonchev–Trinajstić information content (AvgIpc) is 2.85. The van der Waals surface area contributed by atoms with Crippen LogP contribution in [0.15, 0.2) is 97.3 Å². The first-order valence-electron chi connectivity index (χ1n) is 10.7. The van der Waals surface area contributed by atoms with Crippen molar-refractivity contribution in [3.05, 3.63) is 108 Å². The number of fused-ring (bicyclic) bond motifs is 1. The zero-order valence-electron chi connectivity index (χ0n) is 18.1. The lowest BCUT2D eigenvalue weighted by molar-refractivity contribution is 0.102. The molecule has 1 aromatic heterocycles. The summed E-state index contributed by atoms with van der Waals surface area (Å²) in [5, 5.41) is 3.82. The van der Waals surface area contributed by atoms with Crippen LogP contribution in [-0.2, 0) is 0 Å². The van der Waals surface area contributed by atoms with Crippen LogP contribution in [0.2, 0.25) is 0 Å². The lowest BCUT2D eigenvalue weighted by Gasteiger charge is -2.12. The zero-order valence-corrected chi connectivity index (χ0v) is 18.1. The van der Waals surface area contributed by atoms with Gasteiger partial charge in [0, 0.05) is 16.6 Å². The van der Waals surface area contributed by atoms with Gasteiger partial charge in [0.15, 0.2) is 0 Å². The van der Waals surface area contributed by atoms with Crippen LogP contribution in [0.4, 0.5) is 11.5 Å². The number of hydrogen-bond acceptors (Lipinski definition) is 4. The third-order valence-electron chi connectivity index (χ3n) is 5.70. The molecule has 33 heavy (non-hydrogen) atoms. The van der Waals surface area contributed by atoms with Gasteiger partial charge < -0.3 is 11.1 Å². The van der Waals surface area contributed by atoms with E-state index in [0.717, 1.165) is 44.4 Å². The van der Waals surface area contributed by atoms with Crippen LogP contribution >= 0.6 is 0 Å². The normalized spacial score (nSPS) is 10.8. The first-order chi connectivity index (χ1) is 16.1. The van der Waals surface area contributed by atoms with Gasteiger partial charge in [0.05, 0.1) is 5.52 Å². The first-order valence-corrected chi connectivity index (χ1v) is 10.7. The fourth-order valence-electron chi connectivity index (χ4n) is 3.93. The van der Waals surface area contributed by atoms with Crippen LogP contribution in [0.25, 0.3) is 33.2 Å². The van der Waals surface area contributed by atoms with Gasteiger partial charge in [0.25, 0.3) is 5.91 Å². The molecule has 5 heteroatoms. The van der Waals surface area contributed by atoms with Crippen molar-refractivity contribution in [2.24, 2.45) is 0 Å². The minimum atomic E-state index is -0.162. The Balaban J connectivity index is 1.45. The van der Waals surface area contributed by atoms with Gasteiger partial charge >= 0.3 is 0 Å². The molecular weight excluding hydrogens is 408 g/mol. The van der Waals surface area contributed by atoms with Crippen molar-refractivity contribution in [3.63, 3.8) is 0 Å². The molecule has 0 fully saturated rings. The van der Waals surface area contributed by atoms with Gasteiger partial charge in [-0.25, -0.2) is 9.97 Å². The second-order valence-electron chi connectivity index (χ2n) is 7.92. The van der Waals surface area contributed by atoms with Crippen molar-refractivity contribution < 1.29 is 4.79 Å². The summed E-state index contributed by atoms with van der Waals surface area (Å²) in [6.07, 6.45) is 1.46. The summed E-state index contributed by atoms with van der Waals surface area (Å²) in [7, 11) is 0. The maximum absolute atomic E-state index is 13.1. The molecule has 0 aliphatic carbocycles. The van der Waals surface area contributed by atoms with Gasteiger partial charge in [-0.2, -0.15) is 0 Å². The predicted octanol–water partition coefficient (Wildman–Crippen LogP) is 6.11. The molecule has 0 saturated heterocycles. The Labute approximate surface area is 192 Å². The Bertz CT molecular complexity index is 1480. The van der Waals surface area contributed by atoms with Gasteiger partial charge in [0.1, 0.15) is 12.1 Å². The molecule has 1 amide bonds. The van der Waals surface area contributed by atoms with E-state index in [2.05, 4.69) is 27.4 Å². The highest BCUT2D eigenvalue weighted by atomic mass is 16.1. The molecule has 0 bridgehead atoms. The van der Waals surface area contributed by atoms with E-state index in [-0.39, 0.29) is 5.91 Å². The van der Waals surface area contributed by atoms with Crippen LogP contribution in [-0.4, -0.2) is 15.9 Å². The molecule has 0 atom stereocenters. The molecule has 0 saturated carbocycles. The molecule has 4 aromatic carbocycles. The lowest BCUT2D eigenvalue weighted by atomic mass is 9.96. The van der Waals surface area contributed by atoms with Gasteiger partial charge in [-0.3, -0.25) is 4.79 Å². The third kappa shape index (κ3) is 4.16. The fourth-order valence-corrected chi connectivity index (χ4v) is 3.93. The van der Waals surface area contributed by atoms with Crippen molar-refractivity contribution in [1.29, 1.82) is 0 Å². The zero-order chi connectivity index (χ0) is 22.8. The Morgan fingerprint density at radius 1 is 0.788 bits per heavy atom. The van der Waals surface area contributed by atoms with Crippen LogP contribution in [0, 0.1) is 6.92 Å². The summed E-state index contributed by atoms with van der Waals surface area (Å²) in [5.74, 6) is 0.275. The van der Waals surface area contributed by atoms with E-state index >= 15 is 0 Å². The third-order valence-corrected chi connectivity index (χ3v) is 5.70. The van der Waals surface area contributed by atoms with Gasteiger partial charge in [-0.05, 0) is 71.1 Å². The van der Waals surface area contributed by atoms with Crippen molar-refractivity contribution in [1.82, 2.24) is 9.97 Å². The minimum absolute atomic E-state index is 0.162. The number of carbonyl (C=O) groups is 1. The molecule has 160 valence electrons. The maximum Gasteiger partial charge on any atom is 0.255 e. The Kier molecular flexibility index (Phi) is 5.29. The smallest absolute Gasteiger partial charge is 0.255 e. The van der Waals surface area contributed by atoms with E-state index in [1.54, 1.807) is 0 Å². The molecule has 0 aliphatic heterocycles. The average molecular weight is 431 g/mol. The SMILES string of the molecule is Cc1ccc(C(=O)Nc2cccc(-c3ccccc3)c2)cc1-c1ccc2ncnc(N)c2c1. The van der Waals surface area contributed by atoms with Crippen LogP contribution in [0.1, 0.15) is 15.9 Å². The number of hydrogen-bond donors (Lipinski definition) is 2. The molecule has 3 N–H and O–H groups in total. The quantitative estimate of drug-likeness (QED) is 0.361. The number of rotatable bonds is 4. The van der Waals surface area contributed by atoms with Gasteiger partial charge in [-0.1, -0.05) is 54.6 Å². The van der Waals surface area contributed by atoms with Crippen molar-refractivity contribution in [3.8, 4) is 22.3 Å². The topological polar surface area (TPSA) is 80.9 Å². The summed E-state index contributed by atoms with van der Waals surface area (Å²) in [4.78, 5) is 21.4. The van der Waals surface area contributed by atoms with Crippen molar-refractivity contribution >= 4 is 28.3 Å². The highest BCUT2D eigenvalue weighted by Gasteiger charge is 2.12. The number of anilines is 2. The monoisotopic (exact) mass is 430 g/mol. The largest absolute Gasteiger partial charge is 0.383 e. The lowest BCUT2D eigenvalue weighted by Crippen LogP contribution is -2.12. The van der Waals surface area contributed by atoms with E-state index < -0.39 is 0 Å². The predicted molar refractivity (Wildman–Crippen MR) is 134 cm³/mol. The van der Waals surface area contributed by atoms with E-state index in [1.165, 1.54) is 6.33 Å². The summed E-state index contributed by atoms with van der Waals surface area (Å²) in [5.41, 5.74) is 13.3. The molecule has 5 aromatic rings. The number of aryl methyl sites for hydroxylation is 1. The summed E-state index contributed by atoms with van der Waals surface area (Å²) in [6.45, 7) is 2.02. The number of nitrogens with one attached hydrogen (secondary N) is 1. The summed E-state index contributed by atoms with van der Waals surface area (Å²) < 4.78 is 0. The molecule has 0 radical (unpaired) electrons. The number of aromatic nitrogens is 2. The highest BCUT2D eigenvalue weighted by Crippen LogP contribution is 2.29. The standard InChI is InChI=1S/C28H22N4O/c1-18-10-11-22(16-24(18)21-12-13-26-25(15-21)27(29)31-17-30-26)28(33)32-23-9-5-8-20(14-23)19-6-3-2-4-7-19/h2-17H,1H3,(H,32,33)(H2,29,30,31). The molecular formula is C28H22N4O. The van der Waals surface area contributed by atoms with Crippen LogP contribution in [0.3, 0.4) is 0 Å². The van der Waals surface area contributed by atoms with E-state index in [1.807, 2.05) is 85.8 Å². The molecule has 0 aliphatic rings. The number of carbonyl (C=O) groups excluding carboxylic acids is 1. The molecule has 0 unspecified atom stereocenters.